The van der Waals surface area contributed by atoms with E-state index in [1.165, 1.54) is 57.5 Å². The molecule has 1 unspecified atom stereocenters. The summed E-state index contributed by atoms with van der Waals surface area (Å²) in [6, 6.07) is 6.81. The van der Waals surface area contributed by atoms with E-state index in [-0.39, 0.29) is 11.9 Å². The minimum atomic E-state index is -0.444. The Morgan fingerprint density at radius 3 is 2.74 bits per heavy atom. The molecule has 5 rings (SSSR count). The molecular formula is C25H31N5O3S. The summed E-state index contributed by atoms with van der Waals surface area (Å²) < 4.78 is 7.39. The van der Waals surface area contributed by atoms with Crippen molar-refractivity contribution in [2.45, 2.75) is 57.5 Å². The Bertz CT molecular complexity index is 1230. The standard InChI is InChI=1S/C25H31N5O3S/c1-15(31)28-17-10-11-29(13-17)24-21(25(32)33-2)22(26)23(34-24)16-8-9-20-19(12-16)27-14-30(20)18-6-4-3-5-7-18/h8-9,12,14,17-18H,3-7,10-11,13,26H2,1-2H3,(H,28,31). The Morgan fingerprint density at radius 1 is 1.21 bits per heavy atom. The van der Waals surface area contributed by atoms with E-state index in [0.717, 1.165) is 39.4 Å². The molecule has 3 aromatic rings. The average molecular weight is 482 g/mol. The van der Waals surface area contributed by atoms with Crippen molar-refractivity contribution in [3.05, 3.63) is 30.1 Å². The van der Waals surface area contributed by atoms with Crippen LogP contribution < -0.4 is 16.0 Å². The average Bonchev–Trinajstić information content (AvgIpc) is 3.55. The number of hydrogen-bond acceptors (Lipinski definition) is 7. The molecule has 8 nitrogen and oxygen atoms in total. The quantitative estimate of drug-likeness (QED) is 0.525. The van der Waals surface area contributed by atoms with Gasteiger partial charge in [0.1, 0.15) is 10.6 Å². The number of anilines is 2. The highest BCUT2D eigenvalue weighted by molar-refractivity contribution is 7.20. The lowest BCUT2D eigenvalue weighted by Gasteiger charge is -2.23. The van der Waals surface area contributed by atoms with Crippen LogP contribution in [0, 0.1) is 0 Å². The van der Waals surface area contributed by atoms with Crippen molar-refractivity contribution in [1.29, 1.82) is 0 Å². The maximum atomic E-state index is 12.7. The number of imidazole rings is 1. The summed E-state index contributed by atoms with van der Waals surface area (Å²) in [5, 5.41) is 3.76. The van der Waals surface area contributed by atoms with E-state index in [9.17, 15) is 9.59 Å². The van der Waals surface area contributed by atoms with Crippen molar-refractivity contribution in [3.8, 4) is 10.4 Å². The number of aromatic nitrogens is 2. The molecule has 2 fully saturated rings. The zero-order chi connectivity index (χ0) is 23.8. The van der Waals surface area contributed by atoms with Crippen molar-refractivity contribution in [2.24, 2.45) is 0 Å². The van der Waals surface area contributed by atoms with Gasteiger partial charge in [-0.1, -0.05) is 25.3 Å². The van der Waals surface area contributed by atoms with Crippen LogP contribution in [0.1, 0.15) is 61.8 Å². The van der Waals surface area contributed by atoms with Gasteiger partial charge in [0.25, 0.3) is 0 Å². The number of hydrogen-bond donors (Lipinski definition) is 2. The first kappa shape index (κ1) is 22.7. The lowest BCUT2D eigenvalue weighted by atomic mass is 9.95. The number of thiophene rings is 1. The summed E-state index contributed by atoms with van der Waals surface area (Å²) in [7, 11) is 1.37. The van der Waals surface area contributed by atoms with Crippen LogP contribution in [0.5, 0.6) is 0 Å². The van der Waals surface area contributed by atoms with Crippen molar-refractivity contribution in [3.63, 3.8) is 0 Å². The van der Waals surface area contributed by atoms with Gasteiger partial charge < -0.3 is 25.3 Å². The van der Waals surface area contributed by atoms with Gasteiger partial charge in [0.2, 0.25) is 5.91 Å². The van der Waals surface area contributed by atoms with Crippen molar-refractivity contribution >= 4 is 44.9 Å². The molecule has 0 radical (unpaired) electrons. The Labute approximate surface area is 203 Å². The molecule has 0 spiro atoms. The molecule has 9 heteroatoms. The summed E-state index contributed by atoms with van der Waals surface area (Å²) in [6.45, 7) is 2.89. The number of rotatable bonds is 5. The molecular weight excluding hydrogens is 450 g/mol. The predicted molar refractivity (Wildman–Crippen MR) is 135 cm³/mol. The SMILES string of the molecule is COC(=O)c1c(N2CCC(NC(C)=O)C2)sc(-c2ccc3c(c2)ncn3C2CCCCC2)c1N. The molecule has 1 saturated heterocycles. The molecule has 2 aliphatic rings. The normalized spacial score (nSPS) is 19.0. The van der Waals surface area contributed by atoms with E-state index in [1.807, 2.05) is 6.33 Å². The molecule has 34 heavy (non-hydrogen) atoms. The molecule has 1 aliphatic carbocycles. The Balaban J connectivity index is 1.50. The molecule has 1 aliphatic heterocycles. The zero-order valence-corrected chi connectivity index (χ0v) is 20.5. The van der Waals surface area contributed by atoms with Crippen molar-refractivity contribution < 1.29 is 14.3 Å². The number of carbonyl (C=O) groups excluding carboxylic acids is 2. The van der Waals surface area contributed by atoms with Gasteiger partial charge >= 0.3 is 5.97 Å². The third-order valence-electron chi connectivity index (χ3n) is 7.00. The molecule has 3 heterocycles. The van der Waals surface area contributed by atoms with Gasteiger partial charge in [0.15, 0.2) is 0 Å². The number of benzene rings is 1. The minimum absolute atomic E-state index is 0.0487. The minimum Gasteiger partial charge on any atom is -0.465 e. The van der Waals surface area contributed by atoms with Gasteiger partial charge in [-0.3, -0.25) is 4.79 Å². The van der Waals surface area contributed by atoms with Crippen LogP contribution in [0.2, 0.25) is 0 Å². The lowest BCUT2D eigenvalue weighted by molar-refractivity contribution is -0.119. The topological polar surface area (TPSA) is 102 Å². The number of carbonyl (C=O) groups is 2. The maximum Gasteiger partial charge on any atom is 0.343 e. The first-order valence-corrected chi connectivity index (χ1v) is 12.8. The zero-order valence-electron chi connectivity index (χ0n) is 19.7. The summed E-state index contributed by atoms with van der Waals surface area (Å²) in [5.74, 6) is -0.493. The van der Waals surface area contributed by atoms with Crippen LogP contribution in [0.25, 0.3) is 21.5 Å². The fourth-order valence-electron chi connectivity index (χ4n) is 5.34. The molecule has 1 aromatic carbocycles. The number of esters is 1. The largest absolute Gasteiger partial charge is 0.465 e. The Morgan fingerprint density at radius 2 is 2.00 bits per heavy atom. The van der Waals surface area contributed by atoms with Gasteiger partial charge in [-0.05, 0) is 37.0 Å². The van der Waals surface area contributed by atoms with E-state index < -0.39 is 5.97 Å². The number of amides is 1. The van der Waals surface area contributed by atoms with Gasteiger partial charge in [0.05, 0.1) is 35.0 Å². The van der Waals surface area contributed by atoms with E-state index in [1.54, 1.807) is 0 Å². The number of ether oxygens (including phenoxy) is 1. The van der Waals surface area contributed by atoms with Gasteiger partial charge in [0, 0.05) is 32.1 Å². The number of nitrogens with zero attached hydrogens (tertiary/aromatic N) is 3. The second-order valence-electron chi connectivity index (χ2n) is 9.30. The Kier molecular flexibility index (Phi) is 6.20. The summed E-state index contributed by atoms with van der Waals surface area (Å²) >= 11 is 1.50. The highest BCUT2D eigenvalue weighted by atomic mass is 32.1. The smallest absolute Gasteiger partial charge is 0.343 e. The number of nitrogens with one attached hydrogen (secondary N) is 1. The highest BCUT2D eigenvalue weighted by Crippen LogP contribution is 2.46. The maximum absolute atomic E-state index is 12.7. The van der Waals surface area contributed by atoms with Crippen LogP contribution in [0.4, 0.5) is 10.7 Å². The van der Waals surface area contributed by atoms with Gasteiger partial charge in [-0.15, -0.1) is 11.3 Å². The fraction of sp³-hybridized carbons (Fsp3) is 0.480. The van der Waals surface area contributed by atoms with Crippen LogP contribution in [-0.4, -0.2) is 47.7 Å². The van der Waals surface area contributed by atoms with Crippen LogP contribution >= 0.6 is 11.3 Å². The van der Waals surface area contributed by atoms with E-state index in [0.29, 0.717) is 23.8 Å². The summed E-state index contributed by atoms with van der Waals surface area (Å²) in [5.41, 5.74) is 10.4. The van der Waals surface area contributed by atoms with Gasteiger partial charge in [-0.25, -0.2) is 9.78 Å². The number of fused-ring (bicyclic) bond motifs is 1. The monoisotopic (exact) mass is 481 g/mol. The summed E-state index contributed by atoms with van der Waals surface area (Å²) in [6.07, 6.45) is 9.04. The first-order valence-electron chi connectivity index (χ1n) is 12.0. The van der Waals surface area contributed by atoms with Crippen molar-refractivity contribution in [2.75, 3.05) is 30.8 Å². The highest BCUT2D eigenvalue weighted by Gasteiger charge is 2.32. The molecule has 1 saturated carbocycles. The van der Waals surface area contributed by atoms with Crippen LogP contribution in [-0.2, 0) is 9.53 Å². The molecule has 2 aromatic heterocycles. The van der Waals surface area contributed by atoms with Crippen LogP contribution in [0.3, 0.4) is 0 Å². The molecule has 3 N–H and O–H groups in total. The predicted octanol–water partition coefficient (Wildman–Crippen LogP) is 4.35. The Hall–Kier alpha value is -3.07. The van der Waals surface area contributed by atoms with Crippen molar-refractivity contribution in [1.82, 2.24) is 14.9 Å². The number of nitrogens with two attached hydrogens (primary N) is 1. The number of methoxy groups -OCH3 is 1. The molecule has 0 bridgehead atoms. The second-order valence-corrected chi connectivity index (χ2v) is 10.3. The van der Waals surface area contributed by atoms with Crippen LogP contribution in [0.15, 0.2) is 24.5 Å². The summed E-state index contributed by atoms with van der Waals surface area (Å²) in [4.78, 5) is 31.8. The fourth-order valence-corrected chi connectivity index (χ4v) is 6.58. The van der Waals surface area contributed by atoms with Gasteiger partial charge in [-0.2, -0.15) is 0 Å². The number of nitrogen functional groups attached to an aromatic ring is 1. The lowest BCUT2D eigenvalue weighted by Crippen LogP contribution is -2.35. The first-order chi connectivity index (χ1) is 16.5. The van der Waals surface area contributed by atoms with E-state index in [4.69, 9.17) is 10.5 Å². The van der Waals surface area contributed by atoms with E-state index >= 15 is 0 Å². The third kappa shape index (κ3) is 4.13. The molecule has 180 valence electrons. The third-order valence-corrected chi connectivity index (χ3v) is 8.32. The molecule has 1 atom stereocenters. The second kappa shape index (κ2) is 9.29. The molecule has 1 amide bonds. The van der Waals surface area contributed by atoms with E-state index in [2.05, 4.69) is 38.0 Å².